The number of aliphatic hydroxyl groups excluding tert-OH is 1. The first-order valence-corrected chi connectivity index (χ1v) is 14.6. The third-order valence-electron chi connectivity index (χ3n) is 8.13. The number of halogens is 2. The van der Waals surface area contributed by atoms with Crippen LogP contribution >= 0.6 is 0 Å². The van der Waals surface area contributed by atoms with Crippen molar-refractivity contribution in [2.24, 2.45) is 0 Å². The summed E-state index contributed by atoms with van der Waals surface area (Å²) in [6.45, 7) is 5.20. The van der Waals surface area contributed by atoms with Gasteiger partial charge in [-0.3, -0.25) is 4.79 Å². The number of methoxy groups -OCH3 is 1. The van der Waals surface area contributed by atoms with E-state index >= 15 is 0 Å². The maximum absolute atomic E-state index is 14.9. The van der Waals surface area contributed by atoms with E-state index in [0.717, 1.165) is 30.2 Å². The number of nitrogens with one attached hydrogen (secondary N) is 1. The molecule has 0 bridgehead atoms. The molecule has 0 radical (unpaired) electrons. The Morgan fingerprint density at radius 1 is 1.18 bits per heavy atom. The van der Waals surface area contributed by atoms with E-state index in [0.29, 0.717) is 34.8 Å². The largest absolute Gasteiger partial charge is 0.483 e. The maximum Gasteiger partial charge on any atom is 0.301 e. The van der Waals surface area contributed by atoms with E-state index in [1.807, 2.05) is 18.2 Å². The van der Waals surface area contributed by atoms with E-state index in [-0.39, 0.29) is 24.3 Å². The Morgan fingerprint density at radius 2 is 1.98 bits per heavy atom. The molecule has 2 aliphatic heterocycles. The van der Waals surface area contributed by atoms with E-state index in [1.54, 1.807) is 19.2 Å². The van der Waals surface area contributed by atoms with Crippen LogP contribution in [-0.4, -0.2) is 107 Å². The van der Waals surface area contributed by atoms with Gasteiger partial charge in [-0.2, -0.15) is 10.2 Å². The molecule has 3 atom stereocenters. The highest BCUT2D eigenvalue weighted by Crippen LogP contribution is 2.35. The summed E-state index contributed by atoms with van der Waals surface area (Å²) in [5.41, 5.74) is 2.01. The molecule has 3 aromatic rings. The normalized spacial score (nSPS) is 20.7. The number of aliphatic hydroxyl groups is 1. The fourth-order valence-electron chi connectivity index (χ4n) is 5.43. The molecule has 1 amide bonds. The number of piperidine rings is 1. The number of hydrogen-bond donors (Lipinski definition) is 2. The molecule has 0 aliphatic carbocycles. The standard InChI is InChI=1S/C31H36F2N8O4/c1-19-16-40(12-11-39(19)3)24-6-8-27(38-29(24)44-4)37-28-14-23(35-18-36-28)21-5-7-25(22(13-21)15-34)45-26-9-10-41(17-31(26,32)33)30(43)20(2)42/h5-8,13-14,18-20,26,42H,9-12,16-17H2,1-4H3,(H,35,36,37,38)/t19-,20+,26?/m0/s1. The highest BCUT2D eigenvalue weighted by molar-refractivity contribution is 5.80. The van der Waals surface area contributed by atoms with Crippen LogP contribution in [0.1, 0.15) is 25.8 Å². The Morgan fingerprint density at radius 3 is 2.67 bits per heavy atom. The van der Waals surface area contributed by atoms with Crippen LogP contribution in [0.3, 0.4) is 0 Å². The number of carbonyl (C=O) groups excluding carboxylic acids is 1. The van der Waals surface area contributed by atoms with Gasteiger partial charge >= 0.3 is 5.92 Å². The number of alkyl halides is 2. The zero-order chi connectivity index (χ0) is 32.3. The van der Waals surface area contributed by atoms with Crippen molar-refractivity contribution in [2.75, 3.05) is 57.1 Å². The topological polar surface area (TPSA) is 140 Å². The Hall–Kier alpha value is -4.61. The number of benzene rings is 1. The monoisotopic (exact) mass is 622 g/mol. The predicted octanol–water partition coefficient (Wildman–Crippen LogP) is 3.30. The second-order valence-corrected chi connectivity index (χ2v) is 11.3. The summed E-state index contributed by atoms with van der Waals surface area (Å²) < 4.78 is 41.0. The van der Waals surface area contributed by atoms with Crippen LogP contribution in [0.15, 0.2) is 42.7 Å². The van der Waals surface area contributed by atoms with Gasteiger partial charge < -0.3 is 34.6 Å². The first-order valence-electron chi connectivity index (χ1n) is 14.6. The number of nitrogens with zero attached hydrogens (tertiary/aromatic N) is 7. The average molecular weight is 623 g/mol. The van der Waals surface area contributed by atoms with E-state index in [4.69, 9.17) is 9.47 Å². The zero-order valence-electron chi connectivity index (χ0n) is 25.6. The van der Waals surface area contributed by atoms with Crippen molar-refractivity contribution >= 4 is 23.2 Å². The van der Waals surface area contributed by atoms with Crippen molar-refractivity contribution < 1.29 is 28.2 Å². The second kappa shape index (κ2) is 13.2. The van der Waals surface area contributed by atoms with Crippen LogP contribution in [0.2, 0.25) is 0 Å². The van der Waals surface area contributed by atoms with Gasteiger partial charge in [0.05, 0.1) is 24.9 Å². The molecular weight excluding hydrogens is 586 g/mol. The second-order valence-electron chi connectivity index (χ2n) is 11.3. The molecule has 1 unspecified atom stereocenters. The minimum atomic E-state index is -3.38. The van der Waals surface area contributed by atoms with Crippen molar-refractivity contribution in [1.29, 1.82) is 5.26 Å². The Balaban J connectivity index is 1.30. The van der Waals surface area contributed by atoms with Crippen molar-refractivity contribution in [2.45, 2.75) is 44.4 Å². The number of ether oxygens (including phenoxy) is 2. The van der Waals surface area contributed by atoms with Gasteiger partial charge in [-0.1, -0.05) is 0 Å². The van der Waals surface area contributed by atoms with E-state index in [2.05, 4.69) is 44.0 Å². The molecule has 0 spiro atoms. The Kier molecular flexibility index (Phi) is 9.31. The van der Waals surface area contributed by atoms with Gasteiger partial charge in [-0.05, 0) is 51.2 Å². The summed E-state index contributed by atoms with van der Waals surface area (Å²) in [5.74, 6) is -2.68. The molecule has 238 valence electrons. The lowest BCUT2D eigenvalue weighted by atomic mass is 10.0. The summed E-state index contributed by atoms with van der Waals surface area (Å²) in [4.78, 5) is 30.7. The lowest BCUT2D eigenvalue weighted by molar-refractivity contribution is -0.165. The molecule has 2 aliphatic rings. The van der Waals surface area contributed by atoms with Crippen LogP contribution in [0.5, 0.6) is 11.6 Å². The number of amides is 1. The Labute approximate surface area is 260 Å². The van der Waals surface area contributed by atoms with Gasteiger partial charge in [-0.25, -0.2) is 18.7 Å². The number of aromatic nitrogens is 3. The predicted molar refractivity (Wildman–Crippen MR) is 163 cm³/mol. The van der Waals surface area contributed by atoms with Crippen LogP contribution in [-0.2, 0) is 4.79 Å². The third kappa shape index (κ3) is 7.05. The Bertz CT molecular complexity index is 1580. The molecule has 0 saturated carbocycles. The quantitative estimate of drug-likeness (QED) is 0.383. The van der Waals surface area contributed by atoms with Gasteiger partial charge in [0.1, 0.15) is 41.6 Å². The zero-order valence-corrected chi connectivity index (χ0v) is 25.6. The lowest BCUT2D eigenvalue weighted by Crippen LogP contribution is -2.56. The minimum Gasteiger partial charge on any atom is -0.483 e. The fraction of sp³-hybridized carbons (Fsp3) is 0.452. The number of pyridine rings is 1. The molecule has 5 rings (SSSR count). The number of piperazine rings is 1. The number of carbonyl (C=O) groups is 1. The van der Waals surface area contributed by atoms with Crippen molar-refractivity contribution in [3.8, 4) is 29.0 Å². The van der Waals surface area contributed by atoms with Gasteiger partial charge in [0.15, 0.2) is 6.10 Å². The van der Waals surface area contributed by atoms with Crippen LogP contribution in [0.4, 0.5) is 26.1 Å². The molecule has 2 fully saturated rings. The number of anilines is 3. The van der Waals surface area contributed by atoms with Gasteiger partial charge in [0, 0.05) is 50.3 Å². The molecule has 2 aromatic heterocycles. The molecule has 45 heavy (non-hydrogen) atoms. The van der Waals surface area contributed by atoms with Crippen LogP contribution in [0.25, 0.3) is 11.3 Å². The van der Waals surface area contributed by atoms with Gasteiger partial charge in [0.2, 0.25) is 5.88 Å². The first-order chi connectivity index (χ1) is 21.5. The number of likely N-dealkylation sites (tertiary alicyclic amines) is 1. The summed E-state index contributed by atoms with van der Waals surface area (Å²) in [5, 5.41) is 22.5. The molecule has 2 saturated heterocycles. The average Bonchev–Trinajstić information content (AvgIpc) is 3.03. The molecule has 2 N–H and O–H groups in total. The molecule has 4 heterocycles. The summed E-state index contributed by atoms with van der Waals surface area (Å²) in [6.07, 6.45) is -1.70. The van der Waals surface area contributed by atoms with Crippen LogP contribution in [0, 0.1) is 11.3 Å². The third-order valence-corrected chi connectivity index (χ3v) is 8.13. The molecular formula is C31H36F2N8O4. The van der Waals surface area contributed by atoms with Gasteiger partial charge in [-0.15, -0.1) is 0 Å². The minimum absolute atomic E-state index is 0.000221. The smallest absolute Gasteiger partial charge is 0.301 e. The van der Waals surface area contributed by atoms with E-state index in [9.17, 15) is 23.9 Å². The number of nitriles is 1. The lowest BCUT2D eigenvalue weighted by Gasteiger charge is -2.39. The van der Waals surface area contributed by atoms with Crippen LogP contribution < -0.4 is 19.7 Å². The SMILES string of the molecule is COc1nc(Nc2cc(-c3ccc(OC4CCN(C(=O)[C@@H](C)O)CC4(F)F)c(C#N)c3)ncn2)ccc1N1CCN(C)[C@@H](C)C1. The van der Waals surface area contributed by atoms with E-state index in [1.165, 1.54) is 25.4 Å². The summed E-state index contributed by atoms with van der Waals surface area (Å²) in [7, 11) is 3.70. The number of hydrogen-bond acceptors (Lipinski definition) is 11. The maximum atomic E-state index is 14.9. The van der Waals surface area contributed by atoms with Crippen molar-refractivity contribution in [3.63, 3.8) is 0 Å². The number of likely N-dealkylation sites (N-methyl/N-ethyl adjacent to an activating group) is 1. The number of rotatable bonds is 8. The van der Waals surface area contributed by atoms with Crippen molar-refractivity contribution in [3.05, 3.63) is 48.3 Å². The highest BCUT2D eigenvalue weighted by atomic mass is 19.3. The van der Waals surface area contributed by atoms with E-state index < -0.39 is 30.6 Å². The molecule has 12 nitrogen and oxygen atoms in total. The fourth-order valence-corrected chi connectivity index (χ4v) is 5.43. The summed E-state index contributed by atoms with van der Waals surface area (Å²) in [6, 6.07) is 12.5. The first kappa shape index (κ1) is 31.8. The summed E-state index contributed by atoms with van der Waals surface area (Å²) >= 11 is 0. The van der Waals surface area contributed by atoms with Gasteiger partial charge in [0.25, 0.3) is 5.91 Å². The molecule has 1 aromatic carbocycles. The van der Waals surface area contributed by atoms with Crippen molar-refractivity contribution in [1.82, 2.24) is 24.8 Å². The molecule has 14 heteroatoms. The highest BCUT2D eigenvalue weighted by Gasteiger charge is 2.48.